The van der Waals surface area contributed by atoms with Crippen molar-refractivity contribution in [2.45, 2.75) is 12.8 Å². The zero-order valence-electron chi connectivity index (χ0n) is 12.2. The molecule has 1 N–H and O–H groups in total. The van der Waals surface area contributed by atoms with Crippen LogP contribution in [0, 0.1) is 0 Å². The lowest BCUT2D eigenvalue weighted by molar-refractivity contribution is -0.117. The Morgan fingerprint density at radius 2 is 1.83 bits per heavy atom. The predicted molar refractivity (Wildman–Crippen MR) is 92.4 cm³/mol. The molecular formula is C17H14Cl2N2O2. The molecule has 2 amide bonds. The van der Waals surface area contributed by atoms with E-state index < -0.39 is 0 Å². The van der Waals surface area contributed by atoms with E-state index in [2.05, 4.69) is 5.32 Å². The van der Waals surface area contributed by atoms with Crippen molar-refractivity contribution in [3.05, 3.63) is 58.1 Å². The maximum absolute atomic E-state index is 12.3. The second-order valence-corrected chi connectivity index (χ2v) is 6.04. The normalized spacial score (nSPS) is 14.2. The molecule has 1 heterocycles. The van der Waals surface area contributed by atoms with E-state index in [0.717, 1.165) is 18.7 Å². The zero-order chi connectivity index (χ0) is 16.4. The van der Waals surface area contributed by atoms with Gasteiger partial charge in [-0.2, -0.15) is 0 Å². The maximum atomic E-state index is 12.3. The van der Waals surface area contributed by atoms with E-state index in [0.29, 0.717) is 27.7 Å². The van der Waals surface area contributed by atoms with Crippen LogP contribution in [-0.4, -0.2) is 18.4 Å². The summed E-state index contributed by atoms with van der Waals surface area (Å²) in [6, 6.07) is 12.0. The third-order valence-electron chi connectivity index (χ3n) is 3.71. The SMILES string of the molecule is O=C(Nc1cccc(Cl)c1Cl)c1ccc(N2CCCC2=O)cc1. The van der Waals surface area contributed by atoms with Gasteiger partial charge in [0.2, 0.25) is 5.91 Å². The van der Waals surface area contributed by atoms with Gasteiger partial charge in [0.05, 0.1) is 15.7 Å². The first kappa shape index (κ1) is 15.8. The average molecular weight is 349 g/mol. The number of anilines is 2. The summed E-state index contributed by atoms with van der Waals surface area (Å²) in [6.07, 6.45) is 1.45. The molecule has 0 saturated carbocycles. The molecule has 0 aliphatic carbocycles. The van der Waals surface area contributed by atoms with Crippen molar-refractivity contribution in [3.63, 3.8) is 0 Å². The van der Waals surface area contributed by atoms with E-state index in [9.17, 15) is 9.59 Å². The minimum Gasteiger partial charge on any atom is -0.321 e. The molecule has 0 aromatic heterocycles. The highest BCUT2D eigenvalue weighted by Gasteiger charge is 2.21. The van der Waals surface area contributed by atoms with Gasteiger partial charge in [0.1, 0.15) is 0 Å². The van der Waals surface area contributed by atoms with Gasteiger partial charge in [0, 0.05) is 24.2 Å². The quantitative estimate of drug-likeness (QED) is 0.894. The van der Waals surface area contributed by atoms with Crippen molar-refractivity contribution >= 4 is 46.4 Å². The van der Waals surface area contributed by atoms with E-state index in [-0.39, 0.29) is 11.8 Å². The van der Waals surface area contributed by atoms with E-state index in [1.165, 1.54) is 0 Å². The molecule has 1 saturated heterocycles. The van der Waals surface area contributed by atoms with Gasteiger partial charge in [0.15, 0.2) is 0 Å². The van der Waals surface area contributed by atoms with E-state index in [1.807, 2.05) is 0 Å². The van der Waals surface area contributed by atoms with Crippen LogP contribution in [0.5, 0.6) is 0 Å². The molecule has 0 unspecified atom stereocenters. The summed E-state index contributed by atoms with van der Waals surface area (Å²) in [4.78, 5) is 25.7. The number of hydrogen-bond donors (Lipinski definition) is 1. The molecule has 4 nitrogen and oxygen atoms in total. The van der Waals surface area contributed by atoms with E-state index in [1.54, 1.807) is 47.4 Å². The van der Waals surface area contributed by atoms with Crippen LogP contribution in [0.25, 0.3) is 0 Å². The molecular weight excluding hydrogens is 335 g/mol. The average Bonchev–Trinajstić information content (AvgIpc) is 2.98. The number of halogens is 2. The highest BCUT2D eigenvalue weighted by molar-refractivity contribution is 6.44. The molecule has 0 radical (unpaired) electrons. The van der Waals surface area contributed by atoms with Crippen LogP contribution in [0.1, 0.15) is 23.2 Å². The number of carbonyl (C=O) groups is 2. The van der Waals surface area contributed by atoms with E-state index >= 15 is 0 Å². The van der Waals surface area contributed by atoms with Gasteiger partial charge in [-0.3, -0.25) is 9.59 Å². The first-order valence-electron chi connectivity index (χ1n) is 7.22. The van der Waals surface area contributed by atoms with Crippen molar-refractivity contribution in [2.75, 3.05) is 16.8 Å². The van der Waals surface area contributed by atoms with Gasteiger partial charge in [-0.15, -0.1) is 0 Å². The summed E-state index contributed by atoms with van der Waals surface area (Å²) in [7, 11) is 0. The van der Waals surface area contributed by atoms with Gasteiger partial charge in [-0.05, 0) is 42.8 Å². The van der Waals surface area contributed by atoms with Crippen molar-refractivity contribution in [2.24, 2.45) is 0 Å². The molecule has 0 atom stereocenters. The third kappa shape index (κ3) is 3.33. The van der Waals surface area contributed by atoms with Crippen LogP contribution >= 0.6 is 23.2 Å². The Morgan fingerprint density at radius 1 is 1.09 bits per heavy atom. The number of benzene rings is 2. The number of nitrogens with one attached hydrogen (secondary N) is 1. The van der Waals surface area contributed by atoms with Crippen LogP contribution in [0.4, 0.5) is 11.4 Å². The summed E-state index contributed by atoms with van der Waals surface area (Å²) in [5.74, 6) is -0.165. The summed E-state index contributed by atoms with van der Waals surface area (Å²) < 4.78 is 0. The lowest BCUT2D eigenvalue weighted by Crippen LogP contribution is -2.23. The minimum absolute atomic E-state index is 0.118. The topological polar surface area (TPSA) is 49.4 Å². The summed E-state index contributed by atoms with van der Waals surface area (Å²) >= 11 is 12.0. The molecule has 2 aromatic carbocycles. The van der Waals surface area contributed by atoms with Crippen LogP contribution in [0.15, 0.2) is 42.5 Å². The Hall–Kier alpha value is -2.04. The largest absolute Gasteiger partial charge is 0.321 e. The fourth-order valence-corrected chi connectivity index (χ4v) is 2.86. The molecule has 1 fully saturated rings. The number of hydrogen-bond acceptors (Lipinski definition) is 2. The monoisotopic (exact) mass is 348 g/mol. The minimum atomic E-state index is -0.284. The molecule has 23 heavy (non-hydrogen) atoms. The van der Waals surface area contributed by atoms with Crippen LogP contribution < -0.4 is 10.2 Å². The molecule has 118 valence electrons. The Labute approximate surface area is 144 Å². The molecule has 2 aromatic rings. The first-order valence-corrected chi connectivity index (χ1v) is 7.97. The Bertz CT molecular complexity index is 760. The summed E-state index contributed by atoms with van der Waals surface area (Å²) in [5.41, 5.74) is 1.75. The van der Waals surface area contributed by atoms with Crippen LogP contribution in [-0.2, 0) is 4.79 Å². The fraction of sp³-hybridized carbons (Fsp3) is 0.176. The number of nitrogens with zero attached hydrogens (tertiary/aromatic N) is 1. The predicted octanol–water partition coefficient (Wildman–Crippen LogP) is 4.37. The van der Waals surface area contributed by atoms with Gasteiger partial charge in [0.25, 0.3) is 5.91 Å². The second kappa shape index (κ2) is 6.60. The van der Waals surface area contributed by atoms with Crippen molar-refractivity contribution in [3.8, 4) is 0 Å². The highest BCUT2D eigenvalue weighted by Crippen LogP contribution is 2.30. The van der Waals surface area contributed by atoms with Gasteiger partial charge >= 0.3 is 0 Å². The first-order chi connectivity index (χ1) is 11.1. The fourth-order valence-electron chi connectivity index (χ4n) is 2.51. The smallest absolute Gasteiger partial charge is 0.255 e. The standard InChI is InChI=1S/C17H14Cl2N2O2/c18-13-3-1-4-14(16(13)19)20-17(23)11-6-8-12(9-7-11)21-10-2-5-15(21)22/h1,3-4,6-9H,2,5,10H2,(H,20,23). The summed E-state index contributed by atoms with van der Waals surface area (Å²) in [5, 5.41) is 3.42. The molecule has 1 aliphatic rings. The third-order valence-corrected chi connectivity index (χ3v) is 4.53. The van der Waals surface area contributed by atoms with Crippen LogP contribution in [0.3, 0.4) is 0 Å². The van der Waals surface area contributed by atoms with Crippen molar-refractivity contribution in [1.82, 2.24) is 0 Å². The van der Waals surface area contributed by atoms with Crippen LogP contribution in [0.2, 0.25) is 10.0 Å². The Morgan fingerprint density at radius 3 is 2.48 bits per heavy atom. The maximum Gasteiger partial charge on any atom is 0.255 e. The van der Waals surface area contributed by atoms with Gasteiger partial charge in [-0.1, -0.05) is 29.3 Å². The van der Waals surface area contributed by atoms with Crippen molar-refractivity contribution in [1.29, 1.82) is 0 Å². The molecule has 0 bridgehead atoms. The summed E-state index contributed by atoms with van der Waals surface area (Å²) in [6.45, 7) is 0.725. The number of rotatable bonds is 3. The second-order valence-electron chi connectivity index (χ2n) is 5.25. The van der Waals surface area contributed by atoms with E-state index in [4.69, 9.17) is 23.2 Å². The Kier molecular flexibility index (Phi) is 4.55. The van der Waals surface area contributed by atoms with Gasteiger partial charge in [-0.25, -0.2) is 0 Å². The number of amides is 2. The molecule has 6 heteroatoms. The lowest BCUT2D eigenvalue weighted by atomic mass is 10.1. The lowest BCUT2D eigenvalue weighted by Gasteiger charge is -2.16. The Balaban J connectivity index is 1.75. The van der Waals surface area contributed by atoms with Crippen molar-refractivity contribution < 1.29 is 9.59 Å². The number of carbonyl (C=O) groups excluding carboxylic acids is 2. The molecule has 1 aliphatic heterocycles. The van der Waals surface area contributed by atoms with Gasteiger partial charge < -0.3 is 10.2 Å². The molecule has 0 spiro atoms. The molecule has 3 rings (SSSR count). The zero-order valence-corrected chi connectivity index (χ0v) is 13.7. The highest BCUT2D eigenvalue weighted by atomic mass is 35.5.